The molecule has 0 radical (unpaired) electrons. The molecule has 2 rings (SSSR count). The third-order valence-corrected chi connectivity index (χ3v) is 5.01. The number of carboxylic acid groups (broad SMARTS) is 1. The van der Waals surface area contributed by atoms with Gasteiger partial charge in [-0.1, -0.05) is 55.5 Å². The van der Waals surface area contributed by atoms with Crippen LogP contribution in [0.3, 0.4) is 0 Å². The van der Waals surface area contributed by atoms with E-state index in [0.29, 0.717) is 36.1 Å². The van der Waals surface area contributed by atoms with Gasteiger partial charge in [0.2, 0.25) is 0 Å². The molecule has 0 aliphatic rings. The minimum Gasteiger partial charge on any atom is -0.480 e. The molecule has 0 aromatic heterocycles. The topological polar surface area (TPSA) is 83.5 Å². The second-order valence-electron chi connectivity index (χ2n) is 6.41. The highest BCUT2D eigenvalue weighted by atomic mass is 32.2. The van der Waals surface area contributed by atoms with Crippen molar-refractivity contribution in [2.45, 2.75) is 32.2 Å². The van der Waals surface area contributed by atoms with Crippen molar-refractivity contribution in [1.82, 2.24) is 5.32 Å². The van der Waals surface area contributed by atoms with Crippen LogP contribution in [0.1, 0.15) is 46.9 Å². The molecule has 0 aliphatic heterocycles. The molecule has 0 fully saturated rings. The number of nitrogens with one attached hydrogen (secondary N) is 1. The predicted molar refractivity (Wildman–Crippen MR) is 113 cm³/mol. The summed E-state index contributed by atoms with van der Waals surface area (Å²) < 4.78 is 0. The monoisotopic (exact) mass is 399 g/mol. The van der Waals surface area contributed by atoms with Gasteiger partial charge in [0.05, 0.1) is 5.56 Å². The largest absolute Gasteiger partial charge is 0.480 e. The quantitative estimate of drug-likeness (QED) is 0.583. The van der Waals surface area contributed by atoms with E-state index in [2.05, 4.69) is 5.32 Å². The van der Waals surface area contributed by atoms with E-state index in [1.807, 2.05) is 43.5 Å². The van der Waals surface area contributed by atoms with E-state index in [9.17, 15) is 19.5 Å². The van der Waals surface area contributed by atoms with E-state index in [-0.39, 0.29) is 11.3 Å². The fraction of sp³-hybridized carbons (Fsp3) is 0.318. The molecule has 0 saturated carbocycles. The zero-order valence-electron chi connectivity index (χ0n) is 16.1. The van der Waals surface area contributed by atoms with Crippen LogP contribution in [-0.4, -0.2) is 40.8 Å². The minimum absolute atomic E-state index is 0.124. The van der Waals surface area contributed by atoms with Gasteiger partial charge in [-0.05, 0) is 36.0 Å². The van der Waals surface area contributed by atoms with Gasteiger partial charge < -0.3 is 10.4 Å². The number of hydrogen-bond acceptors (Lipinski definition) is 4. The summed E-state index contributed by atoms with van der Waals surface area (Å²) in [6.07, 6.45) is 3.19. The first-order chi connectivity index (χ1) is 13.5. The lowest BCUT2D eigenvalue weighted by Gasteiger charge is -2.18. The Labute approximate surface area is 169 Å². The number of Topliss-reactive ketones (excluding diaryl/α,β-unsaturated/α-hetero) is 1. The van der Waals surface area contributed by atoms with Crippen molar-refractivity contribution in [1.29, 1.82) is 0 Å². The summed E-state index contributed by atoms with van der Waals surface area (Å²) in [5, 5.41) is 12.1. The highest BCUT2D eigenvalue weighted by molar-refractivity contribution is 7.98. The van der Waals surface area contributed by atoms with Crippen LogP contribution in [0.15, 0.2) is 48.5 Å². The Kier molecular flexibility index (Phi) is 8.26. The van der Waals surface area contributed by atoms with Crippen LogP contribution in [0.4, 0.5) is 0 Å². The summed E-state index contributed by atoms with van der Waals surface area (Å²) in [6, 6.07) is 13.5. The highest BCUT2D eigenvalue weighted by Gasteiger charge is 2.25. The van der Waals surface area contributed by atoms with Crippen LogP contribution in [0, 0.1) is 0 Å². The molecule has 2 aromatic rings. The Morgan fingerprint density at radius 3 is 2.39 bits per heavy atom. The first kappa shape index (κ1) is 21.7. The number of carbonyl (C=O) groups excluding carboxylic acids is 2. The van der Waals surface area contributed by atoms with Crippen LogP contribution in [0.2, 0.25) is 0 Å². The molecule has 148 valence electrons. The van der Waals surface area contributed by atoms with Crippen LogP contribution in [-0.2, 0) is 4.79 Å². The smallest absolute Gasteiger partial charge is 0.326 e. The molecule has 0 spiro atoms. The number of benzene rings is 2. The number of aliphatic carboxylic acids is 1. The Hall–Kier alpha value is -2.60. The van der Waals surface area contributed by atoms with E-state index in [1.165, 1.54) is 11.8 Å². The van der Waals surface area contributed by atoms with Gasteiger partial charge in [0.1, 0.15) is 6.04 Å². The van der Waals surface area contributed by atoms with E-state index >= 15 is 0 Å². The molecule has 28 heavy (non-hydrogen) atoms. The van der Waals surface area contributed by atoms with Crippen molar-refractivity contribution in [2.75, 3.05) is 12.0 Å². The molecule has 6 heteroatoms. The number of thioether (sulfide) groups is 1. The average Bonchev–Trinajstić information content (AvgIpc) is 2.71. The minimum atomic E-state index is -1.08. The Morgan fingerprint density at radius 1 is 1.07 bits per heavy atom. The molecule has 2 N–H and O–H groups in total. The molecule has 2 aromatic carbocycles. The Morgan fingerprint density at radius 2 is 1.79 bits per heavy atom. The van der Waals surface area contributed by atoms with Gasteiger partial charge in [0, 0.05) is 12.0 Å². The van der Waals surface area contributed by atoms with Crippen molar-refractivity contribution in [2.24, 2.45) is 0 Å². The maximum Gasteiger partial charge on any atom is 0.326 e. The molecule has 1 amide bonds. The van der Waals surface area contributed by atoms with E-state index in [0.717, 1.165) is 5.56 Å². The Balaban J connectivity index is 2.50. The number of carboxylic acids is 1. The first-order valence-electron chi connectivity index (χ1n) is 9.23. The molecule has 0 heterocycles. The third-order valence-electron chi connectivity index (χ3n) is 4.37. The maximum atomic E-state index is 13.1. The fourth-order valence-corrected chi connectivity index (χ4v) is 3.44. The molecule has 1 unspecified atom stereocenters. The molecule has 5 nitrogen and oxygen atoms in total. The number of rotatable bonds is 10. The van der Waals surface area contributed by atoms with Crippen LogP contribution in [0.25, 0.3) is 11.1 Å². The second-order valence-corrected chi connectivity index (χ2v) is 7.40. The van der Waals surface area contributed by atoms with E-state index in [1.54, 1.807) is 18.2 Å². The molecule has 0 aliphatic carbocycles. The van der Waals surface area contributed by atoms with Crippen molar-refractivity contribution < 1.29 is 19.5 Å². The van der Waals surface area contributed by atoms with Crippen LogP contribution in [0.5, 0.6) is 0 Å². The number of carbonyl (C=O) groups is 3. The van der Waals surface area contributed by atoms with E-state index < -0.39 is 17.9 Å². The van der Waals surface area contributed by atoms with Gasteiger partial charge in [-0.3, -0.25) is 9.59 Å². The number of amides is 1. The van der Waals surface area contributed by atoms with Gasteiger partial charge in [-0.15, -0.1) is 0 Å². The number of hydrogen-bond donors (Lipinski definition) is 2. The van der Waals surface area contributed by atoms with Gasteiger partial charge >= 0.3 is 5.97 Å². The lowest BCUT2D eigenvalue weighted by Crippen LogP contribution is -2.41. The van der Waals surface area contributed by atoms with Crippen LogP contribution < -0.4 is 5.32 Å². The Bertz CT molecular complexity index is 836. The van der Waals surface area contributed by atoms with Crippen molar-refractivity contribution in [3.05, 3.63) is 59.7 Å². The van der Waals surface area contributed by atoms with Gasteiger partial charge in [0.15, 0.2) is 5.78 Å². The third kappa shape index (κ3) is 5.45. The highest BCUT2D eigenvalue weighted by Crippen LogP contribution is 2.27. The standard InChI is InChI=1S/C22H25NO4S/c1-3-8-19(24)17-12-7-11-16(15-9-5-4-6-10-15)20(17)21(25)23-18(22(26)27)13-14-28-2/h4-7,9-12,18H,3,8,13-14H2,1-2H3,(H,23,25)(H,26,27). The lowest BCUT2D eigenvalue weighted by molar-refractivity contribution is -0.139. The van der Waals surface area contributed by atoms with Gasteiger partial charge in [-0.2, -0.15) is 11.8 Å². The summed E-state index contributed by atoms with van der Waals surface area (Å²) in [4.78, 5) is 37.3. The van der Waals surface area contributed by atoms with Crippen molar-refractivity contribution in [3.8, 4) is 11.1 Å². The predicted octanol–water partition coefficient (Wildman–Crippen LogP) is 4.27. The summed E-state index contributed by atoms with van der Waals surface area (Å²) in [7, 11) is 0. The SMILES string of the molecule is CCCC(=O)c1cccc(-c2ccccc2)c1C(=O)NC(CCSC)C(=O)O. The summed E-state index contributed by atoms with van der Waals surface area (Å²) in [6.45, 7) is 1.90. The van der Waals surface area contributed by atoms with Crippen molar-refractivity contribution in [3.63, 3.8) is 0 Å². The zero-order valence-corrected chi connectivity index (χ0v) is 16.9. The van der Waals surface area contributed by atoms with Gasteiger partial charge in [0.25, 0.3) is 5.91 Å². The molecule has 0 bridgehead atoms. The van der Waals surface area contributed by atoms with Crippen molar-refractivity contribution >= 4 is 29.4 Å². The molecular weight excluding hydrogens is 374 g/mol. The molecular formula is C22H25NO4S. The number of ketones is 1. The van der Waals surface area contributed by atoms with Gasteiger partial charge in [-0.25, -0.2) is 4.79 Å². The first-order valence-corrected chi connectivity index (χ1v) is 10.6. The normalized spacial score (nSPS) is 11.6. The van der Waals surface area contributed by atoms with Crippen LogP contribution >= 0.6 is 11.8 Å². The fourth-order valence-electron chi connectivity index (χ4n) is 2.97. The zero-order chi connectivity index (χ0) is 20.5. The van der Waals surface area contributed by atoms with E-state index in [4.69, 9.17) is 0 Å². The average molecular weight is 400 g/mol. The second kappa shape index (κ2) is 10.7. The maximum absolute atomic E-state index is 13.1. The molecule has 0 saturated heterocycles. The summed E-state index contributed by atoms with van der Waals surface area (Å²) >= 11 is 1.52. The lowest BCUT2D eigenvalue weighted by atomic mass is 9.91. The summed E-state index contributed by atoms with van der Waals surface area (Å²) in [5.74, 6) is -1.13. The summed E-state index contributed by atoms with van der Waals surface area (Å²) in [5.41, 5.74) is 1.99. The molecule has 1 atom stereocenters.